The first-order chi connectivity index (χ1) is 9.11. The van der Waals surface area contributed by atoms with E-state index in [0.29, 0.717) is 6.42 Å². The van der Waals surface area contributed by atoms with Gasteiger partial charge in [-0.15, -0.1) is 0 Å². The van der Waals surface area contributed by atoms with Crippen LogP contribution in [0.4, 0.5) is 0 Å². The highest BCUT2D eigenvalue weighted by Crippen LogP contribution is 2.29. The molecule has 0 aromatic heterocycles. The first-order valence-corrected chi connectivity index (χ1v) is 6.54. The van der Waals surface area contributed by atoms with E-state index in [1.807, 2.05) is 31.2 Å². The number of nitrogens with one attached hydrogen (secondary N) is 1. The smallest absolute Gasteiger partial charge is 0.328 e. The molecule has 1 aliphatic rings. The van der Waals surface area contributed by atoms with Gasteiger partial charge in [-0.2, -0.15) is 0 Å². The Morgan fingerprint density at radius 3 is 2.63 bits per heavy atom. The number of hydrogen-bond donors (Lipinski definition) is 1. The van der Waals surface area contributed by atoms with Gasteiger partial charge in [0, 0.05) is 12.3 Å². The van der Waals surface area contributed by atoms with Crippen molar-refractivity contribution in [2.45, 2.75) is 32.2 Å². The van der Waals surface area contributed by atoms with Gasteiger partial charge in [0.2, 0.25) is 5.91 Å². The predicted molar refractivity (Wildman–Crippen MR) is 71.6 cm³/mol. The first kappa shape index (κ1) is 13.6. The largest absolute Gasteiger partial charge is 0.467 e. The fraction of sp³-hybridized carbons (Fsp3) is 0.467. The van der Waals surface area contributed by atoms with Crippen LogP contribution in [0.15, 0.2) is 24.3 Å². The summed E-state index contributed by atoms with van der Waals surface area (Å²) in [6.07, 6.45) is 2.31. The minimum atomic E-state index is -0.598. The van der Waals surface area contributed by atoms with Crippen molar-refractivity contribution < 1.29 is 14.3 Å². The topological polar surface area (TPSA) is 55.4 Å². The van der Waals surface area contributed by atoms with E-state index in [-0.39, 0.29) is 11.8 Å². The minimum Gasteiger partial charge on any atom is -0.467 e. The van der Waals surface area contributed by atoms with E-state index in [4.69, 9.17) is 4.74 Å². The van der Waals surface area contributed by atoms with E-state index in [1.165, 1.54) is 7.11 Å². The fourth-order valence-corrected chi connectivity index (χ4v) is 2.03. The molecule has 19 heavy (non-hydrogen) atoms. The van der Waals surface area contributed by atoms with Crippen LogP contribution < -0.4 is 5.32 Å². The van der Waals surface area contributed by atoms with Gasteiger partial charge >= 0.3 is 5.97 Å². The molecule has 1 atom stereocenters. The molecule has 1 amide bonds. The van der Waals surface area contributed by atoms with Gasteiger partial charge in [0.15, 0.2) is 0 Å². The van der Waals surface area contributed by atoms with Crippen LogP contribution in [0, 0.1) is 12.8 Å². The van der Waals surface area contributed by atoms with Gasteiger partial charge in [0.05, 0.1) is 7.11 Å². The molecular formula is C15H19NO3. The summed E-state index contributed by atoms with van der Waals surface area (Å²) in [5.41, 5.74) is 2.16. The molecule has 1 N–H and O–H groups in total. The zero-order chi connectivity index (χ0) is 13.8. The molecule has 102 valence electrons. The Hall–Kier alpha value is -1.84. The number of aryl methyl sites for hydroxylation is 1. The standard InChI is InChI=1S/C15H19NO3/c1-10-5-3-4-6-12(10)9-13(15(18)19-2)16-14(17)11-7-8-11/h3-6,11,13H,7-9H2,1-2H3,(H,16,17)/t13-/m1/s1. The van der Waals surface area contributed by atoms with Gasteiger partial charge in [0.25, 0.3) is 0 Å². The van der Waals surface area contributed by atoms with Gasteiger partial charge in [-0.25, -0.2) is 4.79 Å². The summed E-state index contributed by atoms with van der Waals surface area (Å²) < 4.78 is 4.77. The van der Waals surface area contributed by atoms with Crippen molar-refractivity contribution in [3.8, 4) is 0 Å². The lowest BCUT2D eigenvalue weighted by atomic mass is 10.0. The third-order valence-electron chi connectivity index (χ3n) is 3.44. The third-order valence-corrected chi connectivity index (χ3v) is 3.44. The molecule has 1 aromatic rings. The Kier molecular flexibility index (Phi) is 4.20. The predicted octanol–water partition coefficient (Wildman–Crippen LogP) is 1.61. The molecule has 4 heteroatoms. The van der Waals surface area contributed by atoms with Crippen LogP contribution in [-0.2, 0) is 20.7 Å². The Labute approximate surface area is 113 Å². The third kappa shape index (κ3) is 3.56. The lowest BCUT2D eigenvalue weighted by Gasteiger charge is -2.17. The van der Waals surface area contributed by atoms with E-state index in [0.717, 1.165) is 24.0 Å². The first-order valence-electron chi connectivity index (χ1n) is 6.54. The number of hydrogen-bond acceptors (Lipinski definition) is 3. The average Bonchev–Trinajstić information content (AvgIpc) is 3.23. The van der Waals surface area contributed by atoms with Crippen LogP contribution in [0.3, 0.4) is 0 Å². The second-order valence-corrected chi connectivity index (χ2v) is 4.99. The SMILES string of the molecule is COC(=O)[C@@H](Cc1ccccc1C)NC(=O)C1CC1. The molecule has 1 fully saturated rings. The van der Waals surface area contributed by atoms with Crippen LogP contribution in [0.25, 0.3) is 0 Å². The molecule has 1 saturated carbocycles. The van der Waals surface area contributed by atoms with Gasteiger partial charge in [-0.05, 0) is 30.9 Å². The molecule has 0 radical (unpaired) electrons. The molecule has 4 nitrogen and oxygen atoms in total. The number of carbonyl (C=O) groups is 2. The highest BCUT2D eigenvalue weighted by atomic mass is 16.5. The molecule has 0 bridgehead atoms. The minimum absolute atomic E-state index is 0.0380. The van der Waals surface area contributed by atoms with Crippen LogP contribution in [0.2, 0.25) is 0 Å². The normalized spacial score (nSPS) is 15.7. The van der Waals surface area contributed by atoms with Crippen molar-refractivity contribution in [1.82, 2.24) is 5.32 Å². The lowest BCUT2D eigenvalue weighted by molar-refractivity contribution is -0.145. The van der Waals surface area contributed by atoms with E-state index < -0.39 is 12.0 Å². The van der Waals surface area contributed by atoms with Gasteiger partial charge in [-0.3, -0.25) is 4.79 Å². The number of esters is 1. The van der Waals surface area contributed by atoms with Gasteiger partial charge < -0.3 is 10.1 Å². The summed E-state index contributed by atoms with van der Waals surface area (Å²) >= 11 is 0. The van der Waals surface area contributed by atoms with Crippen molar-refractivity contribution >= 4 is 11.9 Å². The zero-order valence-electron chi connectivity index (χ0n) is 11.3. The molecule has 1 aromatic carbocycles. The summed E-state index contributed by atoms with van der Waals surface area (Å²) in [6, 6.07) is 7.24. The maximum atomic E-state index is 11.8. The number of methoxy groups -OCH3 is 1. The van der Waals surface area contributed by atoms with Crippen LogP contribution in [0.5, 0.6) is 0 Å². The summed E-state index contributed by atoms with van der Waals surface area (Å²) in [4.78, 5) is 23.6. The second-order valence-electron chi connectivity index (χ2n) is 4.99. The summed E-state index contributed by atoms with van der Waals surface area (Å²) in [5, 5.41) is 2.79. The van der Waals surface area contributed by atoms with E-state index in [2.05, 4.69) is 5.32 Å². The lowest BCUT2D eigenvalue weighted by Crippen LogP contribution is -2.43. The average molecular weight is 261 g/mol. The molecule has 0 spiro atoms. The van der Waals surface area contributed by atoms with Gasteiger partial charge in [-0.1, -0.05) is 24.3 Å². The Morgan fingerprint density at radius 2 is 2.05 bits per heavy atom. The van der Waals surface area contributed by atoms with Crippen molar-refractivity contribution in [3.63, 3.8) is 0 Å². The quantitative estimate of drug-likeness (QED) is 0.819. The van der Waals surface area contributed by atoms with Crippen LogP contribution >= 0.6 is 0 Å². The molecular weight excluding hydrogens is 242 g/mol. The Bertz CT molecular complexity index is 480. The van der Waals surface area contributed by atoms with E-state index in [9.17, 15) is 9.59 Å². The zero-order valence-corrected chi connectivity index (χ0v) is 11.3. The van der Waals surface area contributed by atoms with Crippen molar-refractivity contribution in [2.75, 3.05) is 7.11 Å². The monoisotopic (exact) mass is 261 g/mol. The molecule has 1 aliphatic carbocycles. The van der Waals surface area contributed by atoms with Crippen LogP contribution in [0.1, 0.15) is 24.0 Å². The van der Waals surface area contributed by atoms with E-state index in [1.54, 1.807) is 0 Å². The number of rotatable bonds is 5. The Morgan fingerprint density at radius 1 is 1.37 bits per heavy atom. The summed E-state index contributed by atoms with van der Waals surface area (Å²) in [7, 11) is 1.34. The van der Waals surface area contributed by atoms with Crippen molar-refractivity contribution in [2.24, 2.45) is 5.92 Å². The summed E-state index contributed by atoms with van der Waals surface area (Å²) in [6.45, 7) is 1.99. The molecule has 0 saturated heterocycles. The van der Waals surface area contributed by atoms with Gasteiger partial charge in [0.1, 0.15) is 6.04 Å². The number of ether oxygens (including phenoxy) is 1. The molecule has 0 aliphatic heterocycles. The Balaban J connectivity index is 2.07. The maximum absolute atomic E-state index is 11.8. The fourth-order valence-electron chi connectivity index (χ4n) is 2.03. The number of benzene rings is 1. The number of amides is 1. The van der Waals surface area contributed by atoms with E-state index >= 15 is 0 Å². The number of carbonyl (C=O) groups excluding carboxylic acids is 2. The second kappa shape index (κ2) is 5.87. The van der Waals surface area contributed by atoms with Crippen molar-refractivity contribution in [3.05, 3.63) is 35.4 Å². The highest BCUT2D eigenvalue weighted by molar-refractivity contribution is 5.87. The molecule has 2 rings (SSSR count). The van der Waals surface area contributed by atoms with Crippen LogP contribution in [-0.4, -0.2) is 25.0 Å². The van der Waals surface area contributed by atoms with Crippen molar-refractivity contribution in [1.29, 1.82) is 0 Å². The molecule has 0 unspecified atom stereocenters. The highest BCUT2D eigenvalue weighted by Gasteiger charge is 2.33. The maximum Gasteiger partial charge on any atom is 0.328 e. The molecule has 0 heterocycles. The summed E-state index contributed by atoms with van der Waals surface area (Å²) in [5.74, 6) is -0.342.